The van der Waals surface area contributed by atoms with Crippen LogP contribution in [0.1, 0.15) is 11.1 Å². The first kappa shape index (κ1) is 17.2. The van der Waals surface area contributed by atoms with Gasteiger partial charge >= 0.3 is 0 Å². The molecule has 0 radical (unpaired) electrons. The van der Waals surface area contributed by atoms with Gasteiger partial charge in [0.1, 0.15) is 18.1 Å². The lowest BCUT2D eigenvalue weighted by Crippen LogP contribution is -2.00. The molecular weight excluding hydrogens is 334 g/mol. The van der Waals surface area contributed by atoms with E-state index < -0.39 is 0 Å². The number of ether oxygens (including phenoxy) is 2. The number of halogens is 1. The van der Waals surface area contributed by atoms with Crippen LogP contribution >= 0.6 is 11.6 Å². The summed E-state index contributed by atoms with van der Waals surface area (Å²) in [6, 6.07) is 23.7. The SMILES string of the molecule is COc1ccc(NCc2ccc(OCc3ccccc3)c(Cl)c2)cc1. The zero-order valence-corrected chi connectivity index (χ0v) is 14.8. The van der Waals surface area contributed by atoms with Gasteiger partial charge in [-0.15, -0.1) is 0 Å². The first-order valence-electron chi connectivity index (χ1n) is 8.07. The van der Waals surface area contributed by atoms with E-state index in [1.807, 2.05) is 72.8 Å². The first-order chi connectivity index (χ1) is 12.2. The summed E-state index contributed by atoms with van der Waals surface area (Å²) in [5.74, 6) is 1.53. The van der Waals surface area contributed by atoms with E-state index in [1.54, 1.807) is 7.11 Å². The molecule has 4 heteroatoms. The van der Waals surface area contributed by atoms with Crippen molar-refractivity contribution in [3.63, 3.8) is 0 Å². The molecule has 0 fully saturated rings. The van der Waals surface area contributed by atoms with E-state index in [-0.39, 0.29) is 0 Å². The van der Waals surface area contributed by atoms with E-state index in [2.05, 4.69) is 5.32 Å². The number of rotatable bonds is 7. The average Bonchev–Trinajstić information content (AvgIpc) is 2.67. The normalized spacial score (nSPS) is 10.3. The van der Waals surface area contributed by atoms with Crippen molar-refractivity contribution in [1.82, 2.24) is 0 Å². The monoisotopic (exact) mass is 353 g/mol. The van der Waals surface area contributed by atoms with Crippen molar-refractivity contribution < 1.29 is 9.47 Å². The van der Waals surface area contributed by atoms with Gasteiger partial charge in [0, 0.05) is 12.2 Å². The summed E-state index contributed by atoms with van der Waals surface area (Å²) in [4.78, 5) is 0. The Morgan fingerprint density at radius 2 is 1.64 bits per heavy atom. The Balaban J connectivity index is 1.57. The minimum Gasteiger partial charge on any atom is -0.497 e. The highest BCUT2D eigenvalue weighted by atomic mass is 35.5. The van der Waals surface area contributed by atoms with Gasteiger partial charge in [0.25, 0.3) is 0 Å². The summed E-state index contributed by atoms with van der Waals surface area (Å²) in [6.07, 6.45) is 0. The molecule has 128 valence electrons. The molecule has 0 atom stereocenters. The van der Waals surface area contributed by atoms with Gasteiger partial charge in [-0.3, -0.25) is 0 Å². The molecule has 3 nitrogen and oxygen atoms in total. The van der Waals surface area contributed by atoms with Crippen LogP contribution in [-0.2, 0) is 13.2 Å². The standard InChI is InChI=1S/C21H20ClNO2/c1-24-19-10-8-18(9-11-19)23-14-17-7-12-21(20(22)13-17)25-15-16-5-3-2-4-6-16/h2-13,23H,14-15H2,1H3. The van der Waals surface area contributed by atoms with Crippen LogP contribution in [0.25, 0.3) is 0 Å². The lowest BCUT2D eigenvalue weighted by Gasteiger charge is -2.11. The van der Waals surface area contributed by atoms with E-state index in [0.29, 0.717) is 23.9 Å². The molecule has 25 heavy (non-hydrogen) atoms. The number of methoxy groups -OCH3 is 1. The molecule has 0 heterocycles. The van der Waals surface area contributed by atoms with Crippen molar-refractivity contribution in [2.24, 2.45) is 0 Å². The lowest BCUT2D eigenvalue weighted by molar-refractivity contribution is 0.306. The van der Waals surface area contributed by atoms with E-state index in [9.17, 15) is 0 Å². The number of hydrogen-bond donors (Lipinski definition) is 1. The molecule has 0 aromatic heterocycles. The van der Waals surface area contributed by atoms with Gasteiger partial charge in [0.2, 0.25) is 0 Å². The molecule has 0 unspecified atom stereocenters. The lowest BCUT2D eigenvalue weighted by atomic mass is 10.2. The van der Waals surface area contributed by atoms with E-state index in [0.717, 1.165) is 22.6 Å². The largest absolute Gasteiger partial charge is 0.497 e. The molecule has 0 spiro atoms. The average molecular weight is 354 g/mol. The Labute approximate surface area is 153 Å². The maximum Gasteiger partial charge on any atom is 0.138 e. The van der Waals surface area contributed by atoms with Crippen molar-refractivity contribution in [2.45, 2.75) is 13.2 Å². The van der Waals surface area contributed by atoms with Gasteiger partial charge in [0.15, 0.2) is 0 Å². The minimum atomic E-state index is 0.504. The maximum absolute atomic E-state index is 6.35. The second kappa shape index (κ2) is 8.45. The second-order valence-corrected chi connectivity index (χ2v) is 6.03. The van der Waals surface area contributed by atoms with E-state index >= 15 is 0 Å². The molecule has 3 rings (SSSR count). The predicted molar refractivity (Wildman–Crippen MR) is 103 cm³/mol. The highest BCUT2D eigenvalue weighted by Crippen LogP contribution is 2.27. The van der Waals surface area contributed by atoms with Crippen LogP contribution in [0.3, 0.4) is 0 Å². The third kappa shape index (κ3) is 4.91. The molecule has 0 bridgehead atoms. The number of nitrogens with one attached hydrogen (secondary N) is 1. The van der Waals surface area contributed by atoms with Crippen LogP contribution < -0.4 is 14.8 Å². The van der Waals surface area contributed by atoms with Gasteiger partial charge in [-0.2, -0.15) is 0 Å². The first-order valence-corrected chi connectivity index (χ1v) is 8.45. The topological polar surface area (TPSA) is 30.5 Å². The van der Waals surface area contributed by atoms with Gasteiger partial charge < -0.3 is 14.8 Å². The van der Waals surface area contributed by atoms with Crippen molar-refractivity contribution in [3.8, 4) is 11.5 Å². The minimum absolute atomic E-state index is 0.504. The van der Waals surface area contributed by atoms with Gasteiger partial charge in [-0.05, 0) is 47.5 Å². The molecule has 0 amide bonds. The summed E-state index contributed by atoms with van der Waals surface area (Å²) in [5.41, 5.74) is 3.23. The highest BCUT2D eigenvalue weighted by Gasteiger charge is 2.04. The van der Waals surface area contributed by atoms with E-state index in [4.69, 9.17) is 21.1 Å². The maximum atomic E-state index is 6.35. The third-order valence-corrected chi connectivity index (χ3v) is 4.12. The van der Waals surface area contributed by atoms with Crippen molar-refractivity contribution in [3.05, 3.63) is 88.9 Å². The summed E-state index contributed by atoms with van der Waals surface area (Å²) in [5, 5.41) is 3.98. The second-order valence-electron chi connectivity index (χ2n) is 5.62. The number of hydrogen-bond acceptors (Lipinski definition) is 3. The van der Waals surface area contributed by atoms with Gasteiger partial charge in [-0.1, -0.05) is 48.0 Å². The molecule has 0 aliphatic rings. The zero-order chi connectivity index (χ0) is 17.5. The van der Waals surface area contributed by atoms with E-state index in [1.165, 1.54) is 0 Å². The molecule has 0 aliphatic carbocycles. The van der Waals surface area contributed by atoms with Crippen LogP contribution in [0.15, 0.2) is 72.8 Å². The Morgan fingerprint density at radius 1 is 0.880 bits per heavy atom. The third-order valence-electron chi connectivity index (χ3n) is 3.82. The predicted octanol–water partition coefficient (Wildman–Crippen LogP) is 5.54. The summed E-state index contributed by atoms with van der Waals surface area (Å²) < 4.78 is 11.0. The molecule has 0 aliphatic heterocycles. The van der Waals surface area contributed by atoms with Crippen LogP contribution in [0.2, 0.25) is 5.02 Å². The molecule has 0 saturated carbocycles. The molecule has 1 N–H and O–H groups in total. The van der Waals surface area contributed by atoms with Crippen LogP contribution in [0, 0.1) is 0 Å². The Kier molecular flexibility index (Phi) is 5.81. The smallest absolute Gasteiger partial charge is 0.138 e. The van der Waals surface area contributed by atoms with Gasteiger partial charge in [-0.25, -0.2) is 0 Å². The highest BCUT2D eigenvalue weighted by molar-refractivity contribution is 6.32. The molecule has 3 aromatic rings. The Bertz CT molecular complexity index is 804. The van der Waals surface area contributed by atoms with Crippen molar-refractivity contribution in [1.29, 1.82) is 0 Å². The summed E-state index contributed by atoms with van der Waals surface area (Å²) in [7, 11) is 1.66. The van der Waals surface area contributed by atoms with Gasteiger partial charge in [0.05, 0.1) is 12.1 Å². The van der Waals surface area contributed by atoms with Crippen LogP contribution in [0.5, 0.6) is 11.5 Å². The van der Waals surface area contributed by atoms with Crippen LogP contribution in [-0.4, -0.2) is 7.11 Å². The fourth-order valence-corrected chi connectivity index (χ4v) is 2.68. The van der Waals surface area contributed by atoms with Crippen LogP contribution in [0.4, 0.5) is 5.69 Å². The zero-order valence-electron chi connectivity index (χ0n) is 14.0. The molecule has 3 aromatic carbocycles. The quantitative estimate of drug-likeness (QED) is 0.605. The summed E-state index contributed by atoms with van der Waals surface area (Å²) >= 11 is 6.35. The Morgan fingerprint density at radius 3 is 2.32 bits per heavy atom. The Hall–Kier alpha value is -2.65. The molecule has 0 saturated heterocycles. The number of benzene rings is 3. The fourth-order valence-electron chi connectivity index (χ4n) is 2.42. The molecular formula is C21H20ClNO2. The van der Waals surface area contributed by atoms with Crippen molar-refractivity contribution >= 4 is 17.3 Å². The number of anilines is 1. The van der Waals surface area contributed by atoms with Crippen molar-refractivity contribution in [2.75, 3.05) is 12.4 Å². The fraction of sp³-hybridized carbons (Fsp3) is 0.143. The summed E-state index contributed by atoms with van der Waals surface area (Å²) in [6.45, 7) is 1.19.